The molecule has 150 valence electrons. The molecule has 8 heteroatoms. The first-order valence-electron chi connectivity index (χ1n) is 8.79. The molecule has 0 bridgehead atoms. The molecular formula is C22H13BrCl2FN3O. The third-order valence-electron chi connectivity index (χ3n) is 4.32. The van der Waals surface area contributed by atoms with Gasteiger partial charge in [-0.1, -0.05) is 51.3 Å². The number of benzene rings is 3. The average Bonchev–Trinajstić information content (AvgIpc) is 3.15. The predicted octanol–water partition coefficient (Wildman–Crippen LogP) is 7.00. The molecule has 4 rings (SSSR count). The van der Waals surface area contributed by atoms with Gasteiger partial charge in [0.1, 0.15) is 5.82 Å². The second-order valence-electron chi connectivity index (χ2n) is 6.39. The van der Waals surface area contributed by atoms with Crippen molar-refractivity contribution >= 4 is 50.7 Å². The second kappa shape index (κ2) is 8.60. The summed E-state index contributed by atoms with van der Waals surface area (Å²) in [4.78, 5) is 12.8. The van der Waals surface area contributed by atoms with Gasteiger partial charge in [-0.15, -0.1) is 0 Å². The van der Waals surface area contributed by atoms with Gasteiger partial charge in [0.15, 0.2) is 5.69 Å². The van der Waals surface area contributed by atoms with Crippen LogP contribution in [0, 0.1) is 5.82 Å². The number of aromatic nitrogens is 2. The summed E-state index contributed by atoms with van der Waals surface area (Å²) in [6, 6.07) is 19.8. The lowest BCUT2D eigenvalue weighted by Crippen LogP contribution is -2.13. The van der Waals surface area contributed by atoms with Crippen LogP contribution in [0.1, 0.15) is 10.5 Å². The van der Waals surface area contributed by atoms with Gasteiger partial charge in [-0.3, -0.25) is 4.79 Å². The number of carbonyl (C=O) groups excluding carboxylic acids is 1. The largest absolute Gasteiger partial charge is 0.321 e. The maximum absolute atomic E-state index is 13.1. The van der Waals surface area contributed by atoms with E-state index in [2.05, 4.69) is 26.3 Å². The Morgan fingerprint density at radius 1 is 0.967 bits per heavy atom. The Morgan fingerprint density at radius 2 is 1.67 bits per heavy atom. The Morgan fingerprint density at radius 3 is 2.33 bits per heavy atom. The number of rotatable bonds is 4. The molecule has 0 aliphatic heterocycles. The Hall–Kier alpha value is -2.67. The van der Waals surface area contributed by atoms with Crippen molar-refractivity contribution in [1.29, 1.82) is 0 Å². The number of amides is 1. The fraction of sp³-hybridized carbons (Fsp3) is 0. The molecule has 0 atom stereocenters. The fourth-order valence-electron chi connectivity index (χ4n) is 2.88. The van der Waals surface area contributed by atoms with Crippen LogP contribution in [0.5, 0.6) is 0 Å². The number of nitrogens with one attached hydrogen (secondary N) is 1. The van der Waals surface area contributed by atoms with Crippen molar-refractivity contribution in [2.45, 2.75) is 0 Å². The monoisotopic (exact) mass is 503 g/mol. The van der Waals surface area contributed by atoms with E-state index in [9.17, 15) is 9.18 Å². The van der Waals surface area contributed by atoms with Gasteiger partial charge in [-0.05, 0) is 60.7 Å². The maximum atomic E-state index is 13.1. The quantitative estimate of drug-likeness (QED) is 0.325. The predicted molar refractivity (Wildman–Crippen MR) is 121 cm³/mol. The third kappa shape index (κ3) is 4.41. The van der Waals surface area contributed by atoms with Gasteiger partial charge in [0.25, 0.3) is 5.91 Å². The Bertz CT molecular complexity index is 1220. The number of halogens is 4. The molecule has 1 heterocycles. The van der Waals surface area contributed by atoms with E-state index in [1.807, 2.05) is 24.3 Å². The van der Waals surface area contributed by atoms with Crippen LogP contribution in [0.3, 0.4) is 0 Å². The number of nitrogens with zero attached hydrogens (tertiary/aromatic N) is 2. The second-order valence-corrected chi connectivity index (χ2v) is 8.15. The molecule has 0 aliphatic carbocycles. The highest BCUT2D eigenvalue weighted by atomic mass is 79.9. The van der Waals surface area contributed by atoms with Crippen molar-refractivity contribution in [2.75, 3.05) is 5.32 Å². The summed E-state index contributed by atoms with van der Waals surface area (Å²) in [6.07, 6.45) is 0. The lowest BCUT2D eigenvalue weighted by molar-refractivity contribution is 0.102. The van der Waals surface area contributed by atoms with Crippen molar-refractivity contribution in [3.63, 3.8) is 0 Å². The molecule has 0 fully saturated rings. The summed E-state index contributed by atoms with van der Waals surface area (Å²) in [5.41, 5.74) is 2.75. The van der Waals surface area contributed by atoms with Crippen LogP contribution in [0.4, 0.5) is 10.1 Å². The zero-order valence-electron chi connectivity index (χ0n) is 15.2. The molecule has 0 spiro atoms. The molecule has 0 unspecified atom stereocenters. The lowest BCUT2D eigenvalue weighted by atomic mass is 10.1. The van der Waals surface area contributed by atoms with Gasteiger partial charge in [0.2, 0.25) is 0 Å². The van der Waals surface area contributed by atoms with Gasteiger partial charge in [-0.25, -0.2) is 9.07 Å². The minimum atomic E-state index is -0.427. The van der Waals surface area contributed by atoms with E-state index in [-0.39, 0.29) is 11.5 Å². The van der Waals surface area contributed by atoms with Crippen LogP contribution in [0.15, 0.2) is 77.3 Å². The lowest BCUT2D eigenvalue weighted by Gasteiger charge is -2.10. The van der Waals surface area contributed by atoms with Crippen LogP contribution >= 0.6 is 39.1 Å². The van der Waals surface area contributed by atoms with E-state index >= 15 is 0 Å². The molecule has 3 aromatic carbocycles. The smallest absolute Gasteiger partial charge is 0.276 e. The number of anilines is 1. The highest BCUT2D eigenvalue weighted by Gasteiger charge is 2.18. The Labute approximate surface area is 190 Å². The molecular weight excluding hydrogens is 492 g/mol. The van der Waals surface area contributed by atoms with E-state index in [1.54, 1.807) is 28.9 Å². The van der Waals surface area contributed by atoms with Crippen LogP contribution in [-0.2, 0) is 0 Å². The molecule has 1 amide bonds. The van der Waals surface area contributed by atoms with Gasteiger partial charge in [0, 0.05) is 20.7 Å². The third-order valence-corrected chi connectivity index (χ3v) is 5.39. The fourth-order valence-corrected chi connectivity index (χ4v) is 3.64. The zero-order valence-corrected chi connectivity index (χ0v) is 18.3. The first-order valence-corrected chi connectivity index (χ1v) is 10.3. The Kier molecular flexibility index (Phi) is 5.90. The molecule has 0 radical (unpaired) electrons. The summed E-state index contributed by atoms with van der Waals surface area (Å²) in [5.74, 6) is -0.809. The highest BCUT2D eigenvalue weighted by molar-refractivity contribution is 9.10. The first kappa shape index (κ1) is 20.6. The van der Waals surface area contributed by atoms with E-state index in [0.717, 1.165) is 10.0 Å². The maximum Gasteiger partial charge on any atom is 0.276 e. The van der Waals surface area contributed by atoms with E-state index in [1.165, 1.54) is 24.3 Å². The summed E-state index contributed by atoms with van der Waals surface area (Å²) < 4.78 is 15.6. The first-order chi connectivity index (χ1) is 14.4. The molecule has 0 saturated carbocycles. The minimum Gasteiger partial charge on any atom is -0.321 e. The summed E-state index contributed by atoms with van der Waals surface area (Å²) >= 11 is 15.8. The molecule has 1 N–H and O–H groups in total. The molecule has 0 aliphatic rings. The molecule has 30 heavy (non-hydrogen) atoms. The van der Waals surface area contributed by atoms with Crippen LogP contribution in [0.25, 0.3) is 16.9 Å². The van der Waals surface area contributed by atoms with Gasteiger partial charge >= 0.3 is 0 Å². The SMILES string of the molecule is O=C(Nc1ccc(F)cc1)c1cc(-c2ccc(Br)cc2)n(-c2ccc(Cl)cc2Cl)n1. The van der Waals surface area contributed by atoms with Gasteiger partial charge in [-0.2, -0.15) is 5.10 Å². The number of carbonyl (C=O) groups is 1. The van der Waals surface area contributed by atoms with Crippen molar-refractivity contribution in [1.82, 2.24) is 9.78 Å². The average molecular weight is 505 g/mol. The number of hydrogen-bond acceptors (Lipinski definition) is 2. The highest BCUT2D eigenvalue weighted by Crippen LogP contribution is 2.30. The van der Waals surface area contributed by atoms with E-state index < -0.39 is 5.91 Å². The van der Waals surface area contributed by atoms with E-state index in [0.29, 0.717) is 27.1 Å². The molecule has 4 nitrogen and oxygen atoms in total. The number of hydrogen-bond donors (Lipinski definition) is 1. The zero-order chi connectivity index (χ0) is 21.3. The van der Waals surface area contributed by atoms with Crippen LogP contribution in [-0.4, -0.2) is 15.7 Å². The summed E-state index contributed by atoms with van der Waals surface area (Å²) in [5, 5.41) is 8.09. The Balaban J connectivity index is 1.78. The standard InChI is InChI=1S/C22H13BrCl2FN3O/c23-14-3-1-13(2-4-14)21-12-19(22(30)27-17-8-6-16(26)7-9-17)28-29(21)20-10-5-15(24)11-18(20)25/h1-12H,(H,27,30). The summed E-state index contributed by atoms with van der Waals surface area (Å²) in [6.45, 7) is 0. The van der Waals surface area contributed by atoms with Crippen LogP contribution < -0.4 is 5.32 Å². The van der Waals surface area contributed by atoms with E-state index in [4.69, 9.17) is 23.2 Å². The van der Waals surface area contributed by atoms with Crippen molar-refractivity contribution in [2.24, 2.45) is 0 Å². The van der Waals surface area contributed by atoms with Crippen LogP contribution in [0.2, 0.25) is 10.0 Å². The van der Waals surface area contributed by atoms with Gasteiger partial charge in [0.05, 0.1) is 16.4 Å². The molecule has 0 saturated heterocycles. The van der Waals surface area contributed by atoms with Crippen molar-refractivity contribution in [3.8, 4) is 16.9 Å². The minimum absolute atomic E-state index is 0.184. The normalized spacial score (nSPS) is 10.8. The van der Waals surface area contributed by atoms with Crippen molar-refractivity contribution in [3.05, 3.63) is 98.8 Å². The topological polar surface area (TPSA) is 46.9 Å². The molecule has 1 aromatic heterocycles. The van der Waals surface area contributed by atoms with Gasteiger partial charge < -0.3 is 5.32 Å². The molecule has 4 aromatic rings. The summed E-state index contributed by atoms with van der Waals surface area (Å²) in [7, 11) is 0. The van der Waals surface area contributed by atoms with Crippen molar-refractivity contribution < 1.29 is 9.18 Å².